The van der Waals surface area contributed by atoms with Gasteiger partial charge in [0.05, 0.1) is 31.3 Å². The number of para-hydroxylation sites is 1. The molecule has 24 heavy (non-hydrogen) atoms. The van der Waals surface area contributed by atoms with Gasteiger partial charge in [-0.15, -0.1) is 0 Å². The first-order valence-corrected chi connectivity index (χ1v) is 7.48. The first-order chi connectivity index (χ1) is 11.6. The Hall–Kier alpha value is -3.02. The Morgan fingerprint density at radius 2 is 1.58 bits per heavy atom. The van der Waals surface area contributed by atoms with Crippen molar-refractivity contribution in [2.45, 2.75) is 12.8 Å². The average Bonchev–Trinajstić information content (AvgIpc) is 2.95. The topological polar surface area (TPSA) is 80.4 Å². The number of nitrogens with one attached hydrogen (secondary N) is 2. The van der Waals surface area contributed by atoms with Gasteiger partial charge < -0.3 is 19.8 Å². The van der Waals surface area contributed by atoms with E-state index >= 15 is 0 Å². The van der Waals surface area contributed by atoms with E-state index in [9.17, 15) is 9.59 Å². The lowest BCUT2D eigenvalue weighted by Crippen LogP contribution is -2.26. The van der Waals surface area contributed by atoms with E-state index in [0.717, 1.165) is 22.2 Å². The van der Waals surface area contributed by atoms with Crippen LogP contribution in [0.1, 0.15) is 17.2 Å². The van der Waals surface area contributed by atoms with E-state index in [2.05, 4.69) is 10.3 Å². The number of aryl methyl sites for hydroxylation is 1. The molecule has 1 aliphatic heterocycles. The van der Waals surface area contributed by atoms with E-state index in [1.807, 2.05) is 31.2 Å². The molecular formula is C18H18N2O4. The summed E-state index contributed by atoms with van der Waals surface area (Å²) in [6.07, 6.45) is 3.12. The van der Waals surface area contributed by atoms with Gasteiger partial charge in [0.25, 0.3) is 0 Å². The maximum atomic E-state index is 12.3. The van der Waals surface area contributed by atoms with E-state index in [1.165, 1.54) is 14.2 Å². The van der Waals surface area contributed by atoms with Crippen LogP contribution >= 0.6 is 0 Å². The number of aromatic amines is 1. The highest BCUT2D eigenvalue weighted by Gasteiger charge is 2.36. The molecule has 6 nitrogen and oxygen atoms in total. The van der Waals surface area contributed by atoms with Crippen LogP contribution in [0.15, 0.2) is 47.8 Å². The molecule has 2 aromatic rings. The first kappa shape index (κ1) is 15.9. The van der Waals surface area contributed by atoms with Crippen LogP contribution in [0, 0.1) is 6.92 Å². The molecular weight excluding hydrogens is 308 g/mol. The second-order valence-corrected chi connectivity index (χ2v) is 5.49. The predicted octanol–water partition coefficient (Wildman–Crippen LogP) is 2.28. The quantitative estimate of drug-likeness (QED) is 0.846. The van der Waals surface area contributed by atoms with Crippen LogP contribution in [-0.4, -0.2) is 31.1 Å². The lowest BCUT2D eigenvalue weighted by atomic mass is 9.82. The number of carbonyl (C=O) groups excluding carboxylic acids is 2. The van der Waals surface area contributed by atoms with E-state index in [0.29, 0.717) is 11.1 Å². The highest BCUT2D eigenvalue weighted by molar-refractivity contribution is 6.01. The van der Waals surface area contributed by atoms with Crippen LogP contribution in [0.5, 0.6) is 0 Å². The number of carbonyl (C=O) groups is 2. The van der Waals surface area contributed by atoms with Crippen LogP contribution in [0.3, 0.4) is 0 Å². The summed E-state index contributed by atoms with van der Waals surface area (Å²) in [6, 6.07) is 7.76. The highest BCUT2D eigenvalue weighted by atomic mass is 16.5. The number of aromatic nitrogens is 1. The fraction of sp³-hybridized carbons (Fsp3) is 0.222. The molecule has 1 aromatic heterocycles. The zero-order chi connectivity index (χ0) is 17.3. The fourth-order valence-electron chi connectivity index (χ4n) is 3.13. The van der Waals surface area contributed by atoms with Gasteiger partial charge in [-0.05, 0) is 18.6 Å². The predicted molar refractivity (Wildman–Crippen MR) is 89.1 cm³/mol. The second kappa shape index (κ2) is 6.23. The summed E-state index contributed by atoms with van der Waals surface area (Å²) < 4.78 is 9.79. The number of rotatable bonds is 3. The van der Waals surface area contributed by atoms with Crippen molar-refractivity contribution >= 4 is 22.8 Å². The minimum atomic E-state index is -0.567. The van der Waals surface area contributed by atoms with Gasteiger partial charge in [-0.1, -0.05) is 18.2 Å². The Balaban J connectivity index is 2.24. The molecule has 124 valence electrons. The largest absolute Gasteiger partial charge is 0.466 e. The summed E-state index contributed by atoms with van der Waals surface area (Å²) in [4.78, 5) is 27.8. The third-order valence-corrected chi connectivity index (χ3v) is 4.17. The number of methoxy groups -OCH3 is 2. The van der Waals surface area contributed by atoms with Crippen molar-refractivity contribution in [2.75, 3.05) is 14.2 Å². The molecule has 1 aromatic carbocycles. The standard InChI is InChI=1S/C18H18N2O4/c1-10-15(11-6-4-5-7-14(11)20-10)16-12(17(21)23-2)8-19-9-13(16)18(22)24-3/h4-9,16,19-20H,1-3H3. The number of hydrogen-bond acceptors (Lipinski definition) is 5. The second-order valence-electron chi connectivity index (χ2n) is 5.49. The fourth-order valence-corrected chi connectivity index (χ4v) is 3.13. The molecule has 0 atom stereocenters. The van der Waals surface area contributed by atoms with Crippen LogP contribution in [-0.2, 0) is 19.1 Å². The molecule has 0 saturated heterocycles. The van der Waals surface area contributed by atoms with E-state index < -0.39 is 17.9 Å². The molecule has 6 heteroatoms. The lowest BCUT2D eigenvalue weighted by molar-refractivity contribution is -0.137. The van der Waals surface area contributed by atoms with Crippen molar-refractivity contribution in [2.24, 2.45) is 0 Å². The third kappa shape index (κ3) is 2.46. The molecule has 0 amide bonds. The van der Waals surface area contributed by atoms with Gasteiger partial charge in [-0.2, -0.15) is 0 Å². The monoisotopic (exact) mass is 326 g/mol. The normalized spacial score (nSPS) is 14.6. The van der Waals surface area contributed by atoms with Gasteiger partial charge in [0.2, 0.25) is 0 Å². The number of fused-ring (bicyclic) bond motifs is 1. The molecule has 1 aliphatic rings. The van der Waals surface area contributed by atoms with Crippen molar-refractivity contribution in [1.29, 1.82) is 0 Å². The van der Waals surface area contributed by atoms with E-state index in [-0.39, 0.29) is 0 Å². The summed E-state index contributed by atoms with van der Waals surface area (Å²) in [5, 5.41) is 3.79. The SMILES string of the molecule is COC(=O)C1=CNC=C(C(=O)OC)C1c1c(C)[nH]c2ccccc12. The van der Waals surface area contributed by atoms with Crippen molar-refractivity contribution in [3.63, 3.8) is 0 Å². The molecule has 0 aliphatic carbocycles. The van der Waals surface area contributed by atoms with Crippen LogP contribution in [0.25, 0.3) is 10.9 Å². The maximum Gasteiger partial charge on any atom is 0.336 e. The van der Waals surface area contributed by atoms with Gasteiger partial charge >= 0.3 is 11.9 Å². The molecule has 0 unspecified atom stereocenters. The van der Waals surface area contributed by atoms with Gasteiger partial charge in [0.1, 0.15) is 0 Å². The van der Waals surface area contributed by atoms with Crippen LogP contribution in [0.2, 0.25) is 0 Å². The molecule has 0 radical (unpaired) electrons. The Kier molecular flexibility index (Phi) is 4.12. The van der Waals surface area contributed by atoms with Gasteiger partial charge in [-0.3, -0.25) is 0 Å². The third-order valence-electron chi connectivity index (χ3n) is 4.17. The maximum absolute atomic E-state index is 12.3. The summed E-state index contributed by atoms with van der Waals surface area (Å²) in [6.45, 7) is 1.92. The zero-order valence-electron chi connectivity index (χ0n) is 13.7. The molecule has 0 fully saturated rings. The number of benzene rings is 1. The van der Waals surface area contributed by atoms with Crippen molar-refractivity contribution in [3.05, 3.63) is 59.1 Å². The summed E-state index contributed by atoms with van der Waals surface area (Å²) in [5.41, 5.74) is 3.39. The number of H-pyrrole nitrogens is 1. The number of hydrogen-bond donors (Lipinski definition) is 2. The number of esters is 2. The minimum absolute atomic E-state index is 0.355. The van der Waals surface area contributed by atoms with Crippen molar-refractivity contribution in [1.82, 2.24) is 10.3 Å². The number of ether oxygens (including phenoxy) is 2. The highest BCUT2D eigenvalue weighted by Crippen LogP contribution is 2.40. The van der Waals surface area contributed by atoms with Gasteiger partial charge in [-0.25, -0.2) is 9.59 Å². The van der Waals surface area contributed by atoms with Crippen LogP contribution in [0.4, 0.5) is 0 Å². The molecule has 0 spiro atoms. The Morgan fingerprint density at radius 3 is 2.17 bits per heavy atom. The summed E-state index contributed by atoms with van der Waals surface area (Å²) >= 11 is 0. The molecule has 2 heterocycles. The number of dihydropyridines is 1. The molecule has 2 N–H and O–H groups in total. The van der Waals surface area contributed by atoms with Crippen molar-refractivity contribution < 1.29 is 19.1 Å². The lowest BCUT2D eigenvalue weighted by Gasteiger charge is -2.24. The van der Waals surface area contributed by atoms with Crippen molar-refractivity contribution in [3.8, 4) is 0 Å². The summed E-state index contributed by atoms with van der Waals surface area (Å²) in [7, 11) is 2.64. The van der Waals surface area contributed by atoms with Gasteiger partial charge in [0, 0.05) is 29.0 Å². The molecule has 0 bridgehead atoms. The Labute approximate surface area is 139 Å². The van der Waals surface area contributed by atoms with Crippen LogP contribution < -0.4 is 5.32 Å². The molecule has 3 rings (SSSR count). The Morgan fingerprint density at radius 1 is 1.00 bits per heavy atom. The average molecular weight is 326 g/mol. The Bertz CT molecular complexity index is 844. The minimum Gasteiger partial charge on any atom is -0.466 e. The summed E-state index contributed by atoms with van der Waals surface area (Å²) in [5.74, 6) is -1.55. The first-order valence-electron chi connectivity index (χ1n) is 7.48. The van der Waals surface area contributed by atoms with Gasteiger partial charge in [0.15, 0.2) is 0 Å². The van der Waals surface area contributed by atoms with E-state index in [4.69, 9.17) is 9.47 Å². The smallest absolute Gasteiger partial charge is 0.336 e. The zero-order valence-corrected chi connectivity index (χ0v) is 13.7. The van der Waals surface area contributed by atoms with E-state index in [1.54, 1.807) is 12.4 Å². The molecule has 0 saturated carbocycles.